The van der Waals surface area contributed by atoms with Gasteiger partial charge in [0.05, 0.1) is 34.5 Å². The van der Waals surface area contributed by atoms with E-state index in [-0.39, 0.29) is 34.4 Å². The van der Waals surface area contributed by atoms with E-state index in [1.807, 2.05) is 19.9 Å². The number of nitrogens with zero attached hydrogens (tertiary/aromatic N) is 1. The van der Waals surface area contributed by atoms with Gasteiger partial charge in [0.25, 0.3) is 0 Å². The number of fused-ring (bicyclic) bond motifs is 11. The number of hydrogen-bond donors (Lipinski definition) is 3. The quantitative estimate of drug-likeness (QED) is 0.282. The maximum Gasteiger partial charge on any atom is 0.223 e. The zero-order chi connectivity index (χ0) is 36.1. The Kier molecular flexibility index (Phi) is 7.19. The number of aliphatic hydroxyl groups is 2. The second-order valence-electron chi connectivity index (χ2n) is 18.4. The van der Waals surface area contributed by atoms with Crippen LogP contribution in [0.15, 0.2) is 36.4 Å². The largest absolute Gasteiger partial charge is 0.392 e. The molecule has 9 atom stereocenters. The highest BCUT2D eigenvalue weighted by molar-refractivity contribution is 6.18. The summed E-state index contributed by atoms with van der Waals surface area (Å²) in [5, 5.41) is 27.9. The van der Waals surface area contributed by atoms with E-state index in [1.165, 1.54) is 11.3 Å². The van der Waals surface area contributed by atoms with Gasteiger partial charge in [0.1, 0.15) is 6.04 Å². The van der Waals surface area contributed by atoms with Crippen molar-refractivity contribution in [1.82, 2.24) is 9.88 Å². The van der Waals surface area contributed by atoms with Crippen molar-refractivity contribution >= 4 is 28.2 Å². The zero-order valence-electron chi connectivity index (χ0n) is 31.5. The molecule has 0 saturated heterocycles. The highest BCUT2D eigenvalue weighted by Gasteiger charge is 2.67. The fourth-order valence-corrected chi connectivity index (χ4v) is 12.8. The highest BCUT2D eigenvalue weighted by Crippen LogP contribution is 2.71. The number of allylic oxidation sites excluding steroid dienone is 1. The van der Waals surface area contributed by atoms with E-state index >= 15 is 0 Å². The van der Waals surface area contributed by atoms with Crippen LogP contribution in [0.5, 0.6) is 0 Å². The number of rotatable bonds is 5. The van der Waals surface area contributed by atoms with Gasteiger partial charge in [-0.25, -0.2) is 0 Å². The molecule has 2 aliphatic heterocycles. The van der Waals surface area contributed by atoms with E-state index in [9.17, 15) is 19.8 Å². The third-order valence-electron chi connectivity index (χ3n) is 14.8. The molecule has 268 valence electrons. The Bertz CT molecular complexity index is 1940. The van der Waals surface area contributed by atoms with Crippen molar-refractivity contribution in [2.75, 3.05) is 6.54 Å². The number of aliphatic hydroxyl groups excluding tert-OH is 2. The first-order valence-electron chi connectivity index (χ1n) is 19.0. The van der Waals surface area contributed by atoms with Crippen LogP contribution in [0.4, 0.5) is 0 Å². The predicted molar refractivity (Wildman–Crippen MR) is 197 cm³/mol. The molecular formula is C43H56N2O5. The second kappa shape index (κ2) is 10.5. The lowest BCUT2D eigenvalue weighted by Crippen LogP contribution is -2.62. The third kappa shape index (κ3) is 4.09. The minimum Gasteiger partial charge on any atom is -0.392 e. The van der Waals surface area contributed by atoms with Crippen LogP contribution in [0.1, 0.15) is 139 Å². The first-order chi connectivity index (χ1) is 23.3. The number of ketones is 1. The van der Waals surface area contributed by atoms with E-state index in [1.54, 1.807) is 0 Å². The SMILES string of the molecule is C=C(C)[C@H]1C(=O)c2c3c(cc4c5c(n1c24)[C@@]1(C)[C@@H](CC[C@H]2[C@](C)(/C=C/CC(=O)NCC)[C@@H](O)CC[C@@]21C)C5)C1=CC(C)(C)OC(C)(C)[C@H]1[C@@H]3O. The Morgan fingerprint density at radius 2 is 1.84 bits per heavy atom. The molecule has 1 aromatic carbocycles. The molecule has 2 saturated carbocycles. The van der Waals surface area contributed by atoms with Crippen molar-refractivity contribution < 1.29 is 24.5 Å². The maximum atomic E-state index is 14.9. The number of benzene rings is 1. The Labute approximate surface area is 297 Å². The van der Waals surface area contributed by atoms with Crippen molar-refractivity contribution in [2.45, 2.75) is 136 Å². The summed E-state index contributed by atoms with van der Waals surface area (Å²) in [5.41, 5.74) is 5.87. The van der Waals surface area contributed by atoms with Crippen LogP contribution in [0.25, 0.3) is 16.5 Å². The minimum atomic E-state index is -0.848. The number of aromatic nitrogens is 1. The average Bonchev–Trinajstić information content (AvgIpc) is 3.68. The molecule has 50 heavy (non-hydrogen) atoms. The first kappa shape index (κ1) is 34.1. The van der Waals surface area contributed by atoms with Crippen molar-refractivity contribution in [3.05, 3.63) is 64.4 Å². The standard InChI is InChI=1S/C43H56N2O5/c1-11-44-30(47)13-12-17-41(8)28-15-14-23-19-26-25-20-24-27-21-39(4,5)50-40(6,7)33(27)36(48)31(24)32-35(25)45(34(22(2)3)37(32)49)38(26)43(23,10)42(28,9)18-16-29(41)46/h12,17,20-21,23,28-29,33-34,36,46,48H,2,11,13-16,18-19H2,1,3-10H3,(H,44,47)/b17-12+/t23-,28-,29-,33+,34-,36+,41-,42-,43+/m0/s1. The van der Waals surface area contributed by atoms with Crippen LogP contribution in [-0.4, -0.2) is 50.3 Å². The fraction of sp³-hybridized carbons (Fsp3) is 0.628. The number of amides is 1. The molecule has 7 heteroatoms. The Morgan fingerprint density at radius 1 is 1.12 bits per heavy atom. The normalized spacial score (nSPS) is 38.8. The lowest BCUT2D eigenvalue weighted by Gasteiger charge is -2.64. The van der Waals surface area contributed by atoms with Crippen molar-refractivity contribution in [3.8, 4) is 0 Å². The van der Waals surface area contributed by atoms with E-state index < -0.39 is 34.9 Å². The molecule has 8 rings (SSSR count). The average molecular weight is 681 g/mol. The Hall–Kier alpha value is -3.00. The molecule has 6 aliphatic rings. The summed E-state index contributed by atoms with van der Waals surface area (Å²) in [7, 11) is 0. The van der Waals surface area contributed by atoms with E-state index in [0.29, 0.717) is 30.9 Å². The lowest BCUT2D eigenvalue weighted by atomic mass is 9.40. The summed E-state index contributed by atoms with van der Waals surface area (Å²) in [5.74, 6) is 0.357. The predicted octanol–water partition coefficient (Wildman–Crippen LogP) is 7.68. The number of carbonyl (C=O) groups is 2. The molecule has 3 N–H and O–H groups in total. The fourth-order valence-electron chi connectivity index (χ4n) is 12.8. The topological polar surface area (TPSA) is 101 Å². The van der Waals surface area contributed by atoms with Crippen LogP contribution in [0.2, 0.25) is 0 Å². The molecule has 0 spiro atoms. The summed E-state index contributed by atoms with van der Waals surface area (Å²) in [6.45, 7) is 24.3. The summed E-state index contributed by atoms with van der Waals surface area (Å²) in [6.07, 6.45) is 9.81. The molecule has 7 nitrogen and oxygen atoms in total. The summed E-state index contributed by atoms with van der Waals surface area (Å²) in [6, 6.07) is 1.79. The van der Waals surface area contributed by atoms with Crippen LogP contribution in [0, 0.1) is 28.6 Å². The van der Waals surface area contributed by atoms with Gasteiger partial charge in [0, 0.05) is 46.4 Å². The second-order valence-corrected chi connectivity index (χ2v) is 18.4. The first-order valence-corrected chi connectivity index (χ1v) is 19.0. The number of Topliss-reactive ketones (excluding diaryl/α,β-unsaturated/α-hetero) is 1. The van der Waals surface area contributed by atoms with Gasteiger partial charge >= 0.3 is 0 Å². The van der Waals surface area contributed by atoms with E-state index in [2.05, 4.69) is 83.1 Å². The molecular weight excluding hydrogens is 624 g/mol. The monoisotopic (exact) mass is 680 g/mol. The Balaban J connectivity index is 1.34. The molecule has 2 fully saturated rings. The molecule has 0 radical (unpaired) electrons. The van der Waals surface area contributed by atoms with Gasteiger partial charge in [-0.3, -0.25) is 9.59 Å². The van der Waals surface area contributed by atoms with Crippen molar-refractivity contribution in [1.29, 1.82) is 0 Å². The molecule has 0 bridgehead atoms. The number of ether oxygens (including phenoxy) is 1. The van der Waals surface area contributed by atoms with Crippen LogP contribution >= 0.6 is 0 Å². The maximum absolute atomic E-state index is 14.9. The van der Waals surface area contributed by atoms with E-state index in [4.69, 9.17) is 4.74 Å². The van der Waals surface area contributed by atoms with Crippen LogP contribution < -0.4 is 5.32 Å². The van der Waals surface area contributed by atoms with Gasteiger partial charge in [-0.1, -0.05) is 45.1 Å². The molecule has 2 aromatic rings. The Morgan fingerprint density at radius 3 is 2.52 bits per heavy atom. The molecule has 3 heterocycles. The highest BCUT2D eigenvalue weighted by atomic mass is 16.5. The van der Waals surface area contributed by atoms with Gasteiger partial charge in [-0.15, -0.1) is 0 Å². The zero-order valence-corrected chi connectivity index (χ0v) is 31.5. The lowest BCUT2D eigenvalue weighted by molar-refractivity contribution is -0.145. The number of hydrogen-bond acceptors (Lipinski definition) is 5. The van der Waals surface area contributed by atoms with Gasteiger partial charge < -0.3 is 24.8 Å². The summed E-state index contributed by atoms with van der Waals surface area (Å²) in [4.78, 5) is 27.2. The minimum absolute atomic E-state index is 0.00212. The summed E-state index contributed by atoms with van der Waals surface area (Å²) >= 11 is 0. The number of carbonyl (C=O) groups excluding carboxylic acids is 2. The van der Waals surface area contributed by atoms with Gasteiger partial charge in [0.15, 0.2) is 5.78 Å². The van der Waals surface area contributed by atoms with Crippen molar-refractivity contribution in [3.63, 3.8) is 0 Å². The molecule has 4 aliphatic carbocycles. The van der Waals surface area contributed by atoms with Crippen LogP contribution in [-0.2, 0) is 21.4 Å². The molecule has 1 aromatic heterocycles. The van der Waals surface area contributed by atoms with Gasteiger partial charge in [-0.2, -0.15) is 0 Å². The van der Waals surface area contributed by atoms with Crippen molar-refractivity contribution in [2.24, 2.45) is 28.6 Å². The summed E-state index contributed by atoms with van der Waals surface area (Å²) < 4.78 is 8.89. The number of nitrogens with one attached hydrogen (secondary N) is 1. The van der Waals surface area contributed by atoms with Crippen LogP contribution in [0.3, 0.4) is 0 Å². The van der Waals surface area contributed by atoms with Gasteiger partial charge in [-0.05, 0) is 120 Å². The van der Waals surface area contributed by atoms with Gasteiger partial charge in [0.2, 0.25) is 5.91 Å². The smallest absolute Gasteiger partial charge is 0.223 e. The molecule has 0 unspecified atom stereocenters. The van der Waals surface area contributed by atoms with E-state index in [0.717, 1.165) is 58.9 Å². The molecule has 1 amide bonds. The third-order valence-corrected chi connectivity index (χ3v) is 14.8.